The molecule has 0 amide bonds. The van der Waals surface area contributed by atoms with E-state index in [0.717, 1.165) is 73.2 Å². The van der Waals surface area contributed by atoms with Crippen molar-refractivity contribution in [3.8, 4) is 11.5 Å². The molecule has 0 aromatic heterocycles. The van der Waals surface area contributed by atoms with Crippen molar-refractivity contribution < 1.29 is 9.47 Å². The summed E-state index contributed by atoms with van der Waals surface area (Å²) in [5, 5.41) is 14.5. The summed E-state index contributed by atoms with van der Waals surface area (Å²) in [7, 11) is 0. The molecule has 0 N–H and O–H groups in total. The van der Waals surface area contributed by atoms with Crippen molar-refractivity contribution in [1.82, 2.24) is 0 Å². The fourth-order valence-corrected chi connectivity index (χ4v) is 8.06. The van der Waals surface area contributed by atoms with Gasteiger partial charge in [0.1, 0.15) is 11.5 Å². The Morgan fingerprint density at radius 2 is 0.759 bits per heavy atom. The van der Waals surface area contributed by atoms with E-state index >= 15 is 0 Å². The van der Waals surface area contributed by atoms with Crippen LogP contribution in [0.4, 0.5) is 11.4 Å². The minimum Gasteiger partial charge on any atom is -0.494 e. The quantitative estimate of drug-likeness (QED) is 0.0771. The number of unbranched alkanes of at least 4 members (excludes halogenated alkanes) is 7. The molecule has 6 nitrogen and oxygen atoms in total. The predicted octanol–water partition coefficient (Wildman–Crippen LogP) is 13.0. The molecule has 294 valence electrons. The molecule has 0 unspecified atom stereocenters. The van der Waals surface area contributed by atoms with Gasteiger partial charge in [-0.05, 0) is 83.6 Å². The topological polar surface area (TPSA) is 49.7 Å². The number of rotatable bonds is 19. The summed E-state index contributed by atoms with van der Waals surface area (Å²) in [6.45, 7) is 1.49. The third-order valence-corrected chi connectivity index (χ3v) is 11.1. The molecule has 0 saturated carbocycles. The maximum absolute atomic E-state index is 6.27. The third-order valence-electron chi connectivity index (χ3n) is 11.1. The van der Waals surface area contributed by atoms with Crippen LogP contribution in [0.25, 0.3) is 0 Å². The molecule has 0 radical (unpaired) electrons. The summed E-state index contributed by atoms with van der Waals surface area (Å²) >= 11 is 0. The second kappa shape index (κ2) is 19.8. The first kappa shape index (κ1) is 38.7. The Labute approximate surface area is 344 Å². The monoisotopic (exact) mass is 766 g/mol. The number of ether oxygens (including phenoxy) is 2. The van der Waals surface area contributed by atoms with Crippen molar-refractivity contribution in [2.24, 2.45) is 10.2 Å². The van der Waals surface area contributed by atoms with Crippen LogP contribution in [0.1, 0.15) is 98.5 Å². The van der Waals surface area contributed by atoms with E-state index in [4.69, 9.17) is 19.7 Å². The Balaban J connectivity index is 0.726. The van der Waals surface area contributed by atoms with Gasteiger partial charge >= 0.3 is 0 Å². The van der Waals surface area contributed by atoms with Crippen LogP contribution in [0.15, 0.2) is 180 Å². The van der Waals surface area contributed by atoms with E-state index in [9.17, 15) is 0 Å². The second-order valence-corrected chi connectivity index (χ2v) is 15.3. The van der Waals surface area contributed by atoms with Crippen LogP contribution in [-0.2, 0) is 0 Å². The van der Waals surface area contributed by atoms with Gasteiger partial charge in [0.25, 0.3) is 0 Å². The maximum atomic E-state index is 6.27. The Hall–Kier alpha value is -6.14. The molecule has 2 heterocycles. The molecule has 2 atom stereocenters. The summed E-state index contributed by atoms with van der Waals surface area (Å²) in [6.07, 6.45) is 11.3. The number of hydrogen-bond donors (Lipinski definition) is 0. The van der Waals surface area contributed by atoms with Crippen LogP contribution in [0.2, 0.25) is 0 Å². The SMILES string of the molecule is c1ccc(C2=NN(c3ccccc3)[C@@H](c3cccc(OCCCCCCCCCCOc4cccc([C@@H]5CC(c6ccccc6)=NN5c5ccccc5)c4)c3)C2)cc1. The van der Waals surface area contributed by atoms with Gasteiger partial charge in [0.05, 0.1) is 48.1 Å². The molecule has 6 aromatic carbocycles. The highest BCUT2D eigenvalue weighted by Gasteiger charge is 2.31. The van der Waals surface area contributed by atoms with E-state index in [-0.39, 0.29) is 12.1 Å². The maximum Gasteiger partial charge on any atom is 0.119 e. The lowest BCUT2D eigenvalue weighted by Crippen LogP contribution is -2.18. The number of nitrogens with zero attached hydrogens (tertiary/aromatic N) is 4. The summed E-state index contributed by atoms with van der Waals surface area (Å²) in [4.78, 5) is 0. The second-order valence-electron chi connectivity index (χ2n) is 15.3. The van der Waals surface area contributed by atoms with Crippen LogP contribution in [0.5, 0.6) is 11.5 Å². The number of anilines is 2. The number of para-hydroxylation sites is 2. The molecule has 6 aromatic rings. The zero-order chi connectivity index (χ0) is 39.2. The standard InChI is InChI=1S/C52H54N4O2/c1(3-5-19-35-57-47-33-21-27-43(37-47)51-39-49(41-23-11-7-12-24-41)53-55(51)45-29-15-9-16-30-45)2-4-6-20-36-58-48-34-22-28-44(38-48)52-40-50(42-25-13-8-14-26-42)54-56(52)46-31-17-10-18-32-46/h7-18,21-34,37-38,51-52H,1-6,19-20,35-36,39-40H2/t51-,52+. The highest BCUT2D eigenvalue weighted by molar-refractivity contribution is 6.04. The van der Waals surface area contributed by atoms with Crippen LogP contribution < -0.4 is 19.5 Å². The van der Waals surface area contributed by atoms with Gasteiger partial charge in [-0.1, -0.05) is 160 Å². The first-order valence-corrected chi connectivity index (χ1v) is 21.2. The molecule has 0 aliphatic carbocycles. The fourth-order valence-electron chi connectivity index (χ4n) is 8.06. The highest BCUT2D eigenvalue weighted by Crippen LogP contribution is 2.39. The van der Waals surface area contributed by atoms with E-state index in [0.29, 0.717) is 0 Å². The molecule has 0 fully saturated rings. The van der Waals surface area contributed by atoms with E-state index in [1.807, 2.05) is 0 Å². The Morgan fingerprint density at radius 1 is 0.397 bits per heavy atom. The molecule has 8 rings (SSSR count). The largest absolute Gasteiger partial charge is 0.494 e. The average Bonchev–Trinajstić information content (AvgIpc) is 3.95. The summed E-state index contributed by atoms with van der Waals surface area (Å²) < 4.78 is 12.5. The van der Waals surface area contributed by atoms with Crippen LogP contribution in [0, 0.1) is 0 Å². The van der Waals surface area contributed by atoms with Gasteiger partial charge in [0.15, 0.2) is 0 Å². The molecule has 0 saturated heterocycles. The fraction of sp³-hybridized carbons (Fsp3) is 0.269. The van der Waals surface area contributed by atoms with Gasteiger partial charge in [-0.25, -0.2) is 0 Å². The van der Waals surface area contributed by atoms with Crippen molar-refractivity contribution in [3.05, 3.63) is 192 Å². The average molecular weight is 767 g/mol. The van der Waals surface area contributed by atoms with Gasteiger partial charge in [-0.2, -0.15) is 10.2 Å². The van der Waals surface area contributed by atoms with Crippen LogP contribution >= 0.6 is 0 Å². The summed E-state index contributed by atoms with van der Waals surface area (Å²) in [5.74, 6) is 1.87. The number of hydrazone groups is 2. The van der Waals surface area contributed by atoms with E-state index < -0.39 is 0 Å². The molecule has 6 heteroatoms. The number of hydrogen-bond acceptors (Lipinski definition) is 6. The van der Waals surface area contributed by atoms with Crippen molar-refractivity contribution in [2.75, 3.05) is 23.2 Å². The zero-order valence-electron chi connectivity index (χ0n) is 33.4. The molecule has 2 aliphatic heterocycles. The Morgan fingerprint density at radius 3 is 1.16 bits per heavy atom. The lowest BCUT2D eigenvalue weighted by Gasteiger charge is -2.24. The molecule has 58 heavy (non-hydrogen) atoms. The molecule has 0 bridgehead atoms. The molecule has 2 aliphatic rings. The van der Waals surface area contributed by atoms with Crippen molar-refractivity contribution in [1.29, 1.82) is 0 Å². The summed E-state index contributed by atoms with van der Waals surface area (Å²) in [6, 6.07) is 59.4. The first-order valence-electron chi connectivity index (χ1n) is 21.2. The third kappa shape index (κ3) is 10.0. The van der Waals surface area contributed by atoms with Crippen molar-refractivity contribution in [2.45, 2.75) is 76.3 Å². The van der Waals surface area contributed by atoms with Crippen LogP contribution in [-0.4, -0.2) is 24.6 Å². The smallest absolute Gasteiger partial charge is 0.119 e. The minimum absolute atomic E-state index is 0.122. The van der Waals surface area contributed by atoms with E-state index in [1.54, 1.807) is 0 Å². The van der Waals surface area contributed by atoms with Gasteiger partial charge in [0, 0.05) is 12.8 Å². The zero-order valence-corrected chi connectivity index (χ0v) is 33.4. The van der Waals surface area contributed by atoms with E-state index in [1.165, 1.54) is 60.8 Å². The number of benzene rings is 6. The molecular weight excluding hydrogens is 713 g/mol. The predicted molar refractivity (Wildman–Crippen MR) is 239 cm³/mol. The molecular formula is C52H54N4O2. The van der Waals surface area contributed by atoms with Crippen LogP contribution in [0.3, 0.4) is 0 Å². The minimum atomic E-state index is 0.122. The lowest BCUT2D eigenvalue weighted by molar-refractivity contribution is 0.300. The van der Waals surface area contributed by atoms with Gasteiger partial charge in [-0.15, -0.1) is 0 Å². The van der Waals surface area contributed by atoms with Crippen molar-refractivity contribution in [3.63, 3.8) is 0 Å². The Kier molecular flexibility index (Phi) is 13.2. The lowest BCUT2D eigenvalue weighted by atomic mass is 9.98. The highest BCUT2D eigenvalue weighted by atomic mass is 16.5. The summed E-state index contributed by atoms with van der Waals surface area (Å²) in [5.41, 5.74) is 9.22. The normalized spacial score (nSPS) is 16.3. The molecule has 0 spiro atoms. The van der Waals surface area contributed by atoms with Crippen molar-refractivity contribution >= 4 is 22.8 Å². The van der Waals surface area contributed by atoms with Gasteiger partial charge in [0.2, 0.25) is 0 Å². The van der Waals surface area contributed by atoms with E-state index in [2.05, 4.69) is 180 Å². The Bertz CT molecular complexity index is 2070. The van der Waals surface area contributed by atoms with Gasteiger partial charge in [-0.3, -0.25) is 10.0 Å². The van der Waals surface area contributed by atoms with Gasteiger partial charge < -0.3 is 9.47 Å². The first-order chi connectivity index (χ1) is 28.8.